The van der Waals surface area contributed by atoms with Crippen molar-refractivity contribution in [2.45, 2.75) is 60.3 Å². The lowest BCUT2D eigenvalue weighted by Gasteiger charge is -2.12. The fraction of sp³-hybridized carbons (Fsp3) is 0.556. The number of allylic oxidation sites excluding steroid dienone is 2. The van der Waals surface area contributed by atoms with Crippen LogP contribution in [0.3, 0.4) is 0 Å². The highest BCUT2D eigenvalue weighted by Gasteiger charge is 2.07. The molecule has 0 fully saturated rings. The third-order valence-corrected chi connectivity index (χ3v) is 3.35. The van der Waals surface area contributed by atoms with Crippen molar-refractivity contribution < 1.29 is 0 Å². The maximum Gasteiger partial charge on any atom is 0.0429 e. The van der Waals surface area contributed by atoms with Gasteiger partial charge in [0.2, 0.25) is 0 Å². The third kappa shape index (κ3) is 5.68. The van der Waals surface area contributed by atoms with Crippen molar-refractivity contribution in [1.29, 1.82) is 0 Å². The maximum atomic E-state index is 4.46. The Morgan fingerprint density at radius 2 is 1.70 bits per heavy atom. The fourth-order valence-electron chi connectivity index (χ4n) is 2.00. The second-order valence-electron chi connectivity index (χ2n) is 6.06. The summed E-state index contributed by atoms with van der Waals surface area (Å²) in [7, 11) is 0. The topological polar surface area (TPSA) is 25.2 Å². The molecule has 0 spiro atoms. The summed E-state index contributed by atoms with van der Waals surface area (Å²) in [6.45, 7) is 12.8. The molecule has 0 aromatic carbocycles. The van der Waals surface area contributed by atoms with E-state index in [0.29, 0.717) is 11.8 Å². The molecule has 1 aromatic rings. The van der Waals surface area contributed by atoms with Crippen LogP contribution in [0.1, 0.15) is 64.6 Å². The summed E-state index contributed by atoms with van der Waals surface area (Å²) in [5.74, 6) is 1.17. The van der Waals surface area contributed by atoms with Crippen molar-refractivity contribution in [1.82, 2.24) is 4.98 Å². The van der Waals surface area contributed by atoms with Gasteiger partial charge in [-0.25, -0.2) is 0 Å². The number of pyridine rings is 1. The quantitative estimate of drug-likeness (QED) is 0.717. The SMILES string of the molecule is CC1=CCCC(C(C)C)=N1.Cc1ccc(C(C)C)nc1. The van der Waals surface area contributed by atoms with E-state index in [2.05, 4.69) is 69.7 Å². The van der Waals surface area contributed by atoms with Crippen LogP contribution in [0, 0.1) is 12.8 Å². The standard InChI is InChI=1S/C9H13N.C9H15N/c1-7(2)9-5-4-8(3)6-10-9;1-7(2)9-6-4-5-8(3)10-9/h4-7H,1-3H3;5,7H,4,6H2,1-3H3. The molecule has 1 aliphatic rings. The number of aryl methyl sites for hydroxylation is 1. The van der Waals surface area contributed by atoms with Gasteiger partial charge in [0.15, 0.2) is 0 Å². The molecule has 0 N–H and O–H groups in total. The van der Waals surface area contributed by atoms with E-state index in [9.17, 15) is 0 Å². The third-order valence-electron chi connectivity index (χ3n) is 3.35. The number of nitrogens with zero attached hydrogens (tertiary/aromatic N) is 2. The van der Waals surface area contributed by atoms with Crippen LogP contribution in [0.25, 0.3) is 0 Å². The summed E-state index contributed by atoms with van der Waals surface area (Å²) in [6.07, 6.45) is 6.46. The summed E-state index contributed by atoms with van der Waals surface area (Å²) < 4.78 is 0. The molecular formula is C18H28N2. The van der Waals surface area contributed by atoms with Crippen LogP contribution >= 0.6 is 0 Å². The van der Waals surface area contributed by atoms with Gasteiger partial charge in [-0.2, -0.15) is 0 Å². The Balaban J connectivity index is 0.000000200. The van der Waals surface area contributed by atoms with Gasteiger partial charge >= 0.3 is 0 Å². The highest BCUT2D eigenvalue weighted by atomic mass is 14.8. The number of hydrogen-bond acceptors (Lipinski definition) is 2. The highest BCUT2D eigenvalue weighted by Crippen LogP contribution is 2.14. The van der Waals surface area contributed by atoms with Crippen molar-refractivity contribution in [2.24, 2.45) is 10.9 Å². The Morgan fingerprint density at radius 1 is 1.00 bits per heavy atom. The number of hydrogen-bond donors (Lipinski definition) is 0. The summed E-state index contributed by atoms with van der Waals surface area (Å²) in [5.41, 5.74) is 4.95. The van der Waals surface area contributed by atoms with Crippen LogP contribution < -0.4 is 0 Å². The summed E-state index contributed by atoms with van der Waals surface area (Å²) in [6, 6.07) is 4.18. The molecule has 2 heterocycles. The average molecular weight is 272 g/mol. The average Bonchev–Trinajstić information content (AvgIpc) is 2.40. The van der Waals surface area contributed by atoms with Crippen LogP contribution in [-0.4, -0.2) is 10.7 Å². The molecule has 20 heavy (non-hydrogen) atoms. The van der Waals surface area contributed by atoms with Crippen LogP contribution in [0.5, 0.6) is 0 Å². The van der Waals surface area contributed by atoms with Crippen LogP contribution in [0.2, 0.25) is 0 Å². The summed E-state index contributed by atoms with van der Waals surface area (Å²) >= 11 is 0. The van der Waals surface area contributed by atoms with Gasteiger partial charge in [-0.3, -0.25) is 9.98 Å². The van der Waals surface area contributed by atoms with Crippen LogP contribution in [0.4, 0.5) is 0 Å². The number of aliphatic imine (C=N–C) groups is 1. The van der Waals surface area contributed by atoms with Crippen molar-refractivity contribution in [3.8, 4) is 0 Å². The normalized spacial score (nSPS) is 14.6. The van der Waals surface area contributed by atoms with E-state index in [-0.39, 0.29) is 0 Å². The molecule has 2 nitrogen and oxygen atoms in total. The zero-order chi connectivity index (χ0) is 15.1. The predicted octanol–water partition coefficient (Wildman–Crippen LogP) is 5.29. The van der Waals surface area contributed by atoms with Gasteiger partial charge in [0.25, 0.3) is 0 Å². The van der Waals surface area contributed by atoms with Gasteiger partial charge in [-0.1, -0.05) is 39.8 Å². The first-order valence-electron chi connectivity index (χ1n) is 7.57. The van der Waals surface area contributed by atoms with Gasteiger partial charge < -0.3 is 0 Å². The minimum Gasteiger partial charge on any atom is -0.263 e. The molecule has 0 amide bonds. The van der Waals surface area contributed by atoms with E-state index in [4.69, 9.17) is 0 Å². The first-order valence-corrected chi connectivity index (χ1v) is 7.57. The number of rotatable bonds is 2. The van der Waals surface area contributed by atoms with Crippen molar-refractivity contribution in [3.05, 3.63) is 41.4 Å². The lowest BCUT2D eigenvalue weighted by Crippen LogP contribution is -2.09. The monoisotopic (exact) mass is 272 g/mol. The molecule has 1 aliphatic heterocycles. The smallest absolute Gasteiger partial charge is 0.0429 e. The lowest BCUT2D eigenvalue weighted by atomic mass is 10.0. The van der Waals surface area contributed by atoms with Crippen molar-refractivity contribution >= 4 is 5.71 Å². The van der Waals surface area contributed by atoms with Crippen molar-refractivity contribution in [2.75, 3.05) is 0 Å². The van der Waals surface area contributed by atoms with E-state index < -0.39 is 0 Å². The molecule has 0 saturated carbocycles. The molecule has 110 valence electrons. The molecule has 1 aromatic heterocycles. The van der Waals surface area contributed by atoms with Gasteiger partial charge in [0, 0.05) is 23.3 Å². The second kappa shape index (κ2) is 7.98. The first-order chi connectivity index (χ1) is 9.40. The maximum absolute atomic E-state index is 4.46. The Labute approximate surface area is 124 Å². The zero-order valence-electron chi connectivity index (χ0n) is 13.8. The van der Waals surface area contributed by atoms with Gasteiger partial charge in [0.1, 0.15) is 0 Å². The molecule has 0 aliphatic carbocycles. The second-order valence-corrected chi connectivity index (χ2v) is 6.06. The van der Waals surface area contributed by atoms with Crippen LogP contribution in [-0.2, 0) is 0 Å². The fourth-order valence-corrected chi connectivity index (χ4v) is 2.00. The van der Waals surface area contributed by atoms with Crippen molar-refractivity contribution in [3.63, 3.8) is 0 Å². The van der Waals surface area contributed by atoms with E-state index >= 15 is 0 Å². The van der Waals surface area contributed by atoms with Gasteiger partial charge in [0.05, 0.1) is 0 Å². The Kier molecular flexibility index (Phi) is 6.63. The predicted molar refractivity (Wildman–Crippen MR) is 88.3 cm³/mol. The van der Waals surface area contributed by atoms with E-state index in [1.54, 1.807) is 0 Å². The van der Waals surface area contributed by atoms with E-state index in [0.717, 1.165) is 6.42 Å². The first kappa shape index (κ1) is 16.6. The van der Waals surface area contributed by atoms with Gasteiger partial charge in [-0.15, -0.1) is 0 Å². The summed E-state index contributed by atoms with van der Waals surface area (Å²) in [5, 5.41) is 0. The molecule has 2 heteroatoms. The minimum absolute atomic E-state index is 0.542. The molecular weight excluding hydrogens is 244 g/mol. The lowest BCUT2D eigenvalue weighted by molar-refractivity contribution is 0.821. The summed E-state index contributed by atoms with van der Waals surface area (Å²) in [4.78, 5) is 8.74. The molecule has 0 unspecified atom stereocenters. The zero-order valence-corrected chi connectivity index (χ0v) is 13.8. The molecule has 0 atom stereocenters. The number of aromatic nitrogens is 1. The van der Waals surface area contributed by atoms with E-state index in [1.165, 1.54) is 29.1 Å². The Hall–Kier alpha value is -1.44. The molecule has 0 saturated heterocycles. The molecule has 0 radical (unpaired) electrons. The Morgan fingerprint density at radius 3 is 2.10 bits per heavy atom. The highest BCUT2D eigenvalue weighted by molar-refractivity contribution is 5.87. The van der Waals surface area contributed by atoms with Crippen LogP contribution in [0.15, 0.2) is 35.1 Å². The largest absolute Gasteiger partial charge is 0.263 e. The van der Waals surface area contributed by atoms with E-state index in [1.807, 2.05) is 6.20 Å². The Bertz CT molecular complexity index is 465. The molecule has 0 bridgehead atoms. The minimum atomic E-state index is 0.542. The molecule has 2 rings (SSSR count). The van der Waals surface area contributed by atoms with Gasteiger partial charge in [-0.05, 0) is 50.2 Å².